The number of benzene rings is 1. The molecule has 1 N–H and O–H groups in total. The molecule has 1 aromatic carbocycles. The van der Waals surface area contributed by atoms with Crippen molar-refractivity contribution in [2.45, 2.75) is 65.2 Å². The van der Waals surface area contributed by atoms with Crippen molar-refractivity contribution in [3.05, 3.63) is 44.2 Å². The highest BCUT2D eigenvalue weighted by atomic mass is 79.9. The molecule has 1 heterocycles. The summed E-state index contributed by atoms with van der Waals surface area (Å²) in [5, 5.41) is 3.48. The van der Waals surface area contributed by atoms with Crippen LogP contribution in [0.4, 0.5) is 5.00 Å². The van der Waals surface area contributed by atoms with Crippen LogP contribution < -0.4 is 10.1 Å². The number of rotatable bonds is 6. The van der Waals surface area contributed by atoms with Gasteiger partial charge in [0.2, 0.25) is 0 Å². The first-order valence-corrected chi connectivity index (χ1v) is 12.3. The van der Waals surface area contributed by atoms with Crippen molar-refractivity contribution in [2.24, 2.45) is 0 Å². The number of halogens is 1. The molecule has 3 rings (SSSR count). The van der Waals surface area contributed by atoms with E-state index in [2.05, 4.69) is 48.9 Å². The van der Waals surface area contributed by atoms with E-state index in [1.807, 2.05) is 18.2 Å². The summed E-state index contributed by atoms with van der Waals surface area (Å²) in [6.07, 6.45) is 3.05. The first-order valence-electron chi connectivity index (χ1n) is 10.7. The maximum atomic E-state index is 12.7. The minimum absolute atomic E-state index is 0.129. The quantitative estimate of drug-likeness (QED) is 0.456. The predicted molar refractivity (Wildman–Crippen MR) is 129 cm³/mol. The summed E-state index contributed by atoms with van der Waals surface area (Å²) in [6, 6.07) is 5.78. The number of ether oxygens (including phenoxy) is 2. The normalized spacial score (nSPS) is 15.9. The molecule has 1 aliphatic rings. The van der Waals surface area contributed by atoms with Crippen molar-refractivity contribution in [3.8, 4) is 5.75 Å². The Kier molecular flexibility index (Phi) is 7.47. The zero-order valence-electron chi connectivity index (χ0n) is 18.8. The van der Waals surface area contributed by atoms with Crippen molar-refractivity contribution < 1.29 is 19.1 Å². The number of carbonyl (C=O) groups excluding carboxylic acids is 2. The Morgan fingerprint density at radius 1 is 1.29 bits per heavy atom. The van der Waals surface area contributed by atoms with E-state index >= 15 is 0 Å². The second-order valence-electron chi connectivity index (χ2n) is 8.88. The molecule has 168 valence electrons. The van der Waals surface area contributed by atoms with Gasteiger partial charge in [0.05, 0.1) is 12.2 Å². The lowest BCUT2D eigenvalue weighted by molar-refractivity contribution is -0.118. The summed E-state index contributed by atoms with van der Waals surface area (Å²) in [7, 11) is 0. The number of amides is 1. The molecule has 1 aromatic heterocycles. The summed E-state index contributed by atoms with van der Waals surface area (Å²) in [5.41, 5.74) is 2.44. The molecule has 0 aliphatic heterocycles. The summed E-state index contributed by atoms with van der Waals surface area (Å²) < 4.78 is 12.1. The minimum atomic E-state index is -0.368. The highest BCUT2D eigenvalue weighted by Gasteiger charge is 2.31. The van der Waals surface area contributed by atoms with Crippen LogP contribution in [0.3, 0.4) is 0 Å². The van der Waals surface area contributed by atoms with Crippen molar-refractivity contribution in [3.63, 3.8) is 0 Å². The summed E-state index contributed by atoms with van der Waals surface area (Å²) in [6.45, 7) is 10.4. The van der Waals surface area contributed by atoms with Gasteiger partial charge in [0, 0.05) is 14.9 Å². The highest BCUT2D eigenvalue weighted by Crippen LogP contribution is 2.43. The molecule has 1 atom stereocenters. The fourth-order valence-electron chi connectivity index (χ4n) is 3.93. The Hall–Kier alpha value is -1.86. The molecule has 1 amide bonds. The van der Waals surface area contributed by atoms with E-state index < -0.39 is 0 Å². The van der Waals surface area contributed by atoms with Crippen molar-refractivity contribution in [1.82, 2.24) is 0 Å². The van der Waals surface area contributed by atoms with Gasteiger partial charge in [0.1, 0.15) is 10.8 Å². The lowest BCUT2D eigenvalue weighted by Crippen LogP contribution is -2.23. The fourth-order valence-corrected chi connectivity index (χ4v) is 5.65. The van der Waals surface area contributed by atoms with Gasteiger partial charge in [-0.05, 0) is 61.3 Å². The van der Waals surface area contributed by atoms with Gasteiger partial charge in [-0.25, -0.2) is 4.79 Å². The number of hydrogen-bond donors (Lipinski definition) is 1. The second kappa shape index (κ2) is 9.74. The Bertz CT molecular complexity index is 977. The molecule has 0 spiro atoms. The number of hydrogen-bond acceptors (Lipinski definition) is 5. The number of nitrogens with one attached hydrogen (secondary N) is 1. The van der Waals surface area contributed by atoms with E-state index in [0.29, 0.717) is 22.9 Å². The van der Waals surface area contributed by atoms with Gasteiger partial charge in [-0.15, -0.1) is 11.3 Å². The average Bonchev–Trinajstić information content (AvgIpc) is 3.05. The number of anilines is 1. The molecule has 0 radical (unpaired) electrons. The van der Waals surface area contributed by atoms with Gasteiger partial charge >= 0.3 is 5.97 Å². The van der Waals surface area contributed by atoms with Crippen LogP contribution in [-0.4, -0.2) is 25.1 Å². The third-order valence-corrected chi connectivity index (χ3v) is 7.07. The second-order valence-corrected chi connectivity index (χ2v) is 10.9. The Morgan fingerprint density at radius 2 is 2.03 bits per heavy atom. The lowest BCUT2D eigenvalue weighted by atomic mass is 9.86. The Labute approximate surface area is 196 Å². The maximum absolute atomic E-state index is 12.7. The fraction of sp³-hybridized carbons (Fsp3) is 0.500. The maximum Gasteiger partial charge on any atom is 0.341 e. The smallest absolute Gasteiger partial charge is 0.341 e. The molecule has 0 saturated carbocycles. The summed E-state index contributed by atoms with van der Waals surface area (Å²) in [4.78, 5) is 26.6. The highest BCUT2D eigenvalue weighted by molar-refractivity contribution is 9.10. The van der Waals surface area contributed by atoms with Crippen LogP contribution in [0.15, 0.2) is 22.7 Å². The molecule has 0 fully saturated rings. The van der Waals surface area contributed by atoms with E-state index in [9.17, 15) is 9.59 Å². The molecule has 1 unspecified atom stereocenters. The number of carbonyl (C=O) groups is 2. The van der Waals surface area contributed by atoms with E-state index in [4.69, 9.17) is 9.47 Å². The van der Waals surface area contributed by atoms with Crippen molar-refractivity contribution in [2.75, 3.05) is 18.5 Å². The van der Waals surface area contributed by atoms with Crippen molar-refractivity contribution >= 4 is 44.1 Å². The molecule has 2 aromatic rings. The molecule has 7 heteroatoms. The van der Waals surface area contributed by atoms with E-state index in [1.165, 1.54) is 16.2 Å². The van der Waals surface area contributed by atoms with E-state index in [0.717, 1.165) is 34.9 Å². The number of thiophene rings is 1. The average molecular weight is 508 g/mol. The molecule has 0 saturated heterocycles. The van der Waals surface area contributed by atoms with Crippen LogP contribution in [-0.2, 0) is 21.4 Å². The van der Waals surface area contributed by atoms with E-state index in [1.54, 1.807) is 6.92 Å². The molecular formula is C24H30BrNO4S. The van der Waals surface area contributed by atoms with Gasteiger partial charge in [-0.3, -0.25) is 4.79 Å². The number of aryl methyl sites for hydroxylation is 1. The number of esters is 1. The first kappa shape index (κ1) is 23.8. The van der Waals surface area contributed by atoms with Crippen LogP contribution in [0.2, 0.25) is 0 Å². The zero-order chi connectivity index (χ0) is 22.8. The largest absolute Gasteiger partial charge is 0.483 e. The molecule has 0 bridgehead atoms. The summed E-state index contributed by atoms with van der Waals surface area (Å²) >= 11 is 4.99. The van der Waals surface area contributed by atoms with Gasteiger partial charge in [0.25, 0.3) is 5.91 Å². The molecule has 1 aliphatic carbocycles. The topological polar surface area (TPSA) is 64.6 Å². The molecule has 5 nitrogen and oxygen atoms in total. The first-order chi connectivity index (χ1) is 14.6. The SMILES string of the molecule is CCOC(=O)c1c(NC(=O)COc2ccc(Br)cc2C(C)(C)C)sc2c1C(C)CCC2. The van der Waals surface area contributed by atoms with Gasteiger partial charge in [-0.2, -0.15) is 0 Å². The zero-order valence-corrected chi connectivity index (χ0v) is 21.2. The molecular weight excluding hydrogens is 478 g/mol. The Morgan fingerprint density at radius 3 is 2.71 bits per heavy atom. The monoisotopic (exact) mass is 507 g/mol. The third-order valence-electron chi connectivity index (χ3n) is 5.40. The predicted octanol–water partition coefficient (Wildman–Crippen LogP) is 6.44. The van der Waals surface area contributed by atoms with Gasteiger partial charge in [-0.1, -0.05) is 43.6 Å². The molecule has 31 heavy (non-hydrogen) atoms. The van der Waals surface area contributed by atoms with E-state index in [-0.39, 0.29) is 29.8 Å². The van der Waals surface area contributed by atoms with Crippen LogP contribution >= 0.6 is 27.3 Å². The lowest BCUT2D eigenvalue weighted by Gasteiger charge is -2.23. The standard InChI is InChI=1S/C24H30BrNO4S/c1-6-29-23(28)21-20-14(2)8-7-9-18(20)31-22(21)26-19(27)13-30-17-11-10-15(25)12-16(17)24(3,4)5/h10-12,14H,6-9,13H2,1-5H3,(H,26,27). The van der Waals surface area contributed by atoms with Crippen molar-refractivity contribution in [1.29, 1.82) is 0 Å². The third kappa shape index (κ3) is 5.50. The van der Waals surface area contributed by atoms with Crippen LogP contribution in [0.25, 0.3) is 0 Å². The van der Waals surface area contributed by atoms with Crippen LogP contribution in [0, 0.1) is 0 Å². The van der Waals surface area contributed by atoms with Crippen LogP contribution in [0.1, 0.15) is 79.7 Å². The van der Waals surface area contributed by atoms with Crippen LogP contribution in [0.5, 0.6) is 5.75 Å². The minimum Gasteiger partial charge on any atom is -0.483 e. The van der Waals surface area contributed by atoms with Gasteiger partial charge < -0.3 is 14.8 Å². The Balaban J connectivity index is 1.80. The van der Waals surface area contributed by atoms with Gasteiger partial charge in [0.15, 0.2) is 6.61 Å². The summed E-state index contributed by atoms with van der Waals surface area (Å²) in [5.74, 6) is 0.293. The number of fused-ring (bicyclic) bond motifs is 1.